The van der Waals surface area contributed by atoms with Crippen LogP contribution < -0.4 is 5.73 Å². The van der Waals surface area contributed by atoms with Crippen LogP contribution in [0.25, 0.3) is 0 Å². The van der Waals surface area contributed by atoms with Gasteiger partial charge in [-0.05, 0) is 38.5 Å². The zero-order valence-electron chi connectivity index (χ0n) is 10.8. The van der Waals surface area contributed by atoms with Gasteiger partial charge in [0.05, 0.1) is 5.92 Å². The van der Waals surface area contributed by atoms with Gasteiger partial charge in [0.15, 0.2) is 0 Å². The van der Waals surface area contributed by atoms with Gasteiger partial charge in [-0.3, -0.25) is 0 Å². The summed E-state index contributed by atoms with van der Waals surface area (Å²) in [6.07, 6.45) is 5.70. The highest BCUT2D eigenvalue weighted by molar-refractivity contribution is 5.05. The average Bonchev–Trinajstić information content (AvgIpc) is 2.93. The van der Waals surface area contributed by atoms with Gasteiger partial charge in [0, 0.05) is 12.6 Å². The van der Waals surface area contributed by atoms with Crippen molar-refractivity contribution >= 4 is 0 Å². The van der Waals surface area contributed by atoms with Crippen molar-refractivity contribution in [3.8, 4) is 0 Å². The molecule has 0 radical (unpaired) electrons. The maximum absolute atomic E-state index is 6.07. The second-order valence-corrected chi connectivity index (χ2v) is 5.41. The predicted octanol–water partition coefficient (Wildman–Crippen LogP) is 2.15. The fraction of sp³-hybridized carbons (Fsp3) is 0.846. The standard InChI is InChI=1S/C13H21N3O2/c1-2-17-11(8-6-7-8)12-15-13(18-16-12)9-4-3-5-10(9)14/h8-11H,2-7,14H2,1H3. The Morgan fingerprint density at radius 2 is 2.22 bits per heavy atom. The van der Waals surface area contributed by atoms with E-state index in [-0.39, 0.29) is 18.1 Å². The minimum absolute atomic E-state index is 0.0186. The van der Waals surface area contributed by atoms with Gasteiger partial charge in [-0.2, -0.15) is 4.98 Å². The van der Waals surface area contributed by atoms with Crippen LogP contribution in [0.1, 0.15) is 62.8 Å². The molecular weight excluding hydrogens is 230 g/mol. The van der Waals surface area contributed by atoms with Crippen LogP contribution in [-0.4, -0.2) is 22.8 Å². The topological polar surface area (TPSA) is 74.2 Å². The summed E-state index contributed by atoms with van der Waals surface area (Å²) in [5, 5.41) is 4.11. The molecule has 2 aliphatic rings. The SMILES string of the molecule is CCOC(c1noc(C2CCCC2N)n1)C1CC1. The van der Waals surface area contributed by atoms with Gasteiger partial charge in [-0.25, -0.2) is 0 Å². The van der Waals surface area contributed by atoms with E-state index in [1.54, 1.807) is 0 Å². The van der Waals surface area contributed by atoms with Gasteiger partial charge < -0.3 is 15.0 Å². The number of rotatable bonds is 5. The third kappa shape index (κ3) is 2.29. The third-order valence-electron chi connectivity index (χ3n) is 3.99. The number of nitrogens with two attached hydrogens (primary N) is 1. The summed E-state index contributed by atoms with van der Waals surface area (Å²) < 4.78 is 11.1. The van der Waals surface area contributed by atoms with Gasteiger partial charge in [-0.15, -0.1) is 0 Å². The van der Waals surface area contributed by atoms with E-state index in [0.29, 0.717) is 24.2 Å². The maximum atomic E-state index is 6.07. The molecule has 0 saturated heterocycles. The van der Waals surface area contributed by atoms with Crippen LogP contribution in [0.4, 0.5) is 0 Å². The summed E-state index contributed by atoms with van der Waals surface area (Å²) in [6, 6.07) is 0.171. The van der Waals surface area contributed by atoms with Gasteiger partial charge in [0.25, 0.3) is 0 Å². The molecule has 2 aliphatic carbocycles. The van der Waals surface area contributed by atoms with E-state index in [2.05, 4.69) is 10.1 Å². The molecule has 0 bridgehead atoms. The Kier molecular flexibility index (Phi) is 3.35. The fourth-order valence-electron chi connectivity index (χ4n) is 2.81. The third-order valence-corrected chi connectivity index (χ3v) is 3.99. The molecule has 0 aromatic carbocycles. The monoisotopic (exact) mass is 251 g/mol. The molecule has 0 spiro atoms. The first-order chi connectivity index (χ1) is 8.79. The lowest BCUT2D eigenvalue weighted by Crippen LogP contribution is -2.23. The molecule has 3 rings (SSSR count). The molecule has 1 heterocycles. The Morgan fingerprint density at radius 1 is 1.39 bits per heavy atom. The normalized spacial score (nSPS) is 29.7. The number of hydrogen-bond acceptors (Lipinski definition) is 5. The minimum Gasteiger partial charge on any atom is -0.370 e. The zero-order valence-corrected chi connectivity index (χ0v) is 10.8. The molecule has 1 aromatic rings. The number of aromatic nitrogens is 2. The average molecular weight is 251 g/mol. The lowest BCUT2D eigenvalue weighted by molar-refractivity contribution is 0.0384. The second kappa shape index (κ2) is 4.97. The first-order valence-electron chi connectivity index (χ1n) is 7.00. The maximum Gasteiger partial charge on any atom is 0.231 e. The summed E-state index contributed by atoms with van der Waals surface area (Å²) in [4.78, 5) is 4.54. The summed E-state index contributed by atoms with van der Waals surface area (Å²) >= 11 is 0. The Morgan fingerprint density at radius 3 is 2.83 bits per heavy atom. The second-order valence-electron chi connectivity index (χ2n) is 5.41. The van der Waals surface area contributed by atoms with Gasteiger partial charge in [0.2, 0.25) is 11.7 Å². The van der Waals surface area contributed by atoms with Crippen molar-refractivity contribution in [2.24, 2.45) is 11.7 Å². The van der Waals surface area contributed by atoms with E-state index < -0.39 is 0 Å². The quantitative estimate of drug-likeness (QED) is 0.868. The van der Waals surface area contributed by atoms with E-state index in [4.69, 9.17) is 15.0 Å². The molecule has 5 heteroatoms. The van der Waals surface area contributed by atoms with E-state index in [1.165, 1.54) is 12.8 Å². The summed E-state index contributed by atoms with van der Waals surface area (Å²) in [5.41, 5.74) is 6.07. The summed E-state index contributed by atoms with van der Waals surface area (Å²) in [5.74, 6) is 2.24. The molecule has 3 atom stereocenters. The summed E-state index contributed by atoms with van der Waals surface area (Å²) in [7, 11) is 0. The van der Waals surface area contributed by atoms with E-state index >= 15 is 0 Å². The molecule has 5 nitrogen and oxygen atoms in total. The highest BCUT2D eigenvalue weighted by atomic mass is 16.5. The molecular formula is C13H21N3O2. The van der Waals surface area contributed by atoms with Crippen LogP contribution in [0.15, 0.2) is 4.52 Å². The molecule has 2 N–H and O–H groups in total. The fourth-order valence-corrected chi connectivity index (χ4v) is 2.81. The van der Waals surface area contributed by atoms with Crippen molar-refractivity contribution in [2.45, 2.75) is 57.1 Å². The largest absolute Gasteiger partial charge is 0.370 e. The molecule has 18 heavy (non-hydrogen) atoms. The van der Waals surface area contributed by atoms with Gasteiger partial charge in [0.1, 0.15) is 6.10 Å². The lowest BCUT2D eigenvalue weighted by Gasteiger charge is -2.11. The first-order valence-corrected chi connectivity index (χ1v) is 7.00. The number of ether oxygens (including phenoxy) is 1. The summed E-state index contributed by atoms with van der Waals surface area (Å²) in [6.45, 7) is 2.69. The van der Waals surface area contributed by atoms with Crippen molar-refractivity contribution in [2.75, 3.05) is 6.61 Å². The number of hydrogen-bond donors (Lipinski definition) is 1. The minimum atomic E-state index is 0.0186. The van der Waals surface area contributed by atoms with Crippen LogP contribution in [0, 0.1) is 5.92 Å². The Balaban J connectivity index is 1.75. The van der Waals surface area contributed by atoms with E-state index in [0.717, 1.165) is 19.3 Å². The Bertz CT molecular complexity index is 403. The van der Waals surface area contributed by atoms with Crippen LogP contribution in [-0.2, 0) is 4.74 Å². The smallest absolute Gasteiger partial charge is 0.231 e. The number of nitrogens with zero attached hydrogens (tertiary/aromatic N) is 2. The Labute approximate surface area is 107 Å². The zero-order chi connectivity index (χ0) is 12.5. The highest BCUT2D eigenvalue weighted by Crippen LogP contribution is 2.43. The van der Waals surface area contributed by atoms with Crippen molar-refractivity contribution in [1.29, 1.82) is 0 Å². The van der Waals surface area contributed by atoms with Gasteiger partial charge in [-0.1, -0.05) is 11.6 Å². The van der Waals surface area contributed by atoms with E-state index in [9.17, 15) is 0 Å². The van der Waals surface area contributed by atoms with Crippen LogP contribution in [0.3, 0.4) is 0 Å². The van der Waals surface area contributed by atoms with Crippen molar-refractivity contribution in [3.05, 3.63) is 11.7 Å². The molecule has 3 unspecified atom stereocenters. The van der Waals surface area contributed by atoms with Crippen molar-refractivity contribution < 1.29 is 9.26 Å². The molecule has 2 fully saturated rings. The van der Waals surface area contributed by atoms with Crippen molar-refractivity contribution in [3.63, 3.8) is 0 Å². The van der Waals surface area contributed by atoms with Crippen LogP contribution >= 0.6 is 0 Å². The van der Waals surface area contributed by atoms with Crippen LogP contribution in [0.2, 0.25) is 0 Å². The van der Waals surface area contributed by atoms with Crippen LogP contribution in [0.5, 0.6) is 0 Å². The lowest BCUT2D eigenvalue weighted by atomic mass is 10.1. The molecule has 0 amide bonds. The molecule has 2 saturated carbocycles. The highest BCUT2D eigenvalue weighted by Gasteiger charge is 2.37. The van der Waals surface area contributed by atoms with E-state index in [1.807, 2.05) is 6.92 Å². The Hall–Kier alpha value is -0.940. The predicted molar refractivity (Wildman–Crippen MR) is 66.0 cm³/mol. The van der Waals surface area contributed by atoms with Gasteiger partial charge >= 0.3 is 0 Å². The molecule has 100 valence electrons. The molecule has 0 aliphatic heterocycles. The first kappa shape index (κ1) is 12.1. The van der Waals surface area contributed by atoms with Crippen molar-refractivity contribution in [1.82, 2.24) is 10.1 Å². The molecule has 1 aromatic heterocycles.